The number of amides is 1. The number of nitrogens with one attached hydrogen (secondary N) is 1. The van der Waals surface area contributed by atoms with Gasteiger partial charge in [-0.15, -0.1) is 0 Å². The van der Waals surface area contributed by atoms with Crippen molar-refractivity contribution in [3.8, 4) is 0 Å². The smallest absolute Gasteiger partial charge is 0.220 e. The van der Waals surface area contributed by atoms with Crippen LogP contribution in [0.25, 0.3) is 0 Å². The van der Waals surface area contributed by atoms with Gasteiger partial charge in [-0.3, -0.25) is 9.69 Å². The number of carbonyl (C=O) groups is 1. The van der Waals surface area contributed by atoms with Crippen molar-refractivity contribution in [3.63, 3.8) is 0 Å². The molecule has 1 fully saturated rings. The van der Waals surface area contributed by atoms with E-state index < -0.39 is 0 Å². The molecule has 0 saturated carbocycles. The highest BCUT2D eigenvalue weighted by molar-refractivity contribution is 5.76. The van der Waals surface area contributed by atoms with E-state index in [9.17, 15) is 4.79 Å². The molecule has 1 N–H and O–H groups in total. The Morgan fingerprint density at radius 3 is 2.38 bits per heavy atom. The number of aryl methyl sites for hydroxylation is 1. The fraction of sp³-hybridized carbons (Fsp3) is 0.611. The SMILES string of the molecule is Cc1ccc(C(CNC(=O)CC(C)C)N2CCCC2)cc1. The molecule has 2 rings (SSSR count). The molecule has 0 spiro atoms. The van der Waals surface area contributed by atoms with Crippen molar-refractivity contribution in [2.24, 2.45) is 5.92 Å². The monoisotopic (exact) mass is 288 g/mol. The first-order valence-corrected chi connectivity index (χ1v) is 8.13. The van der Waals surface area contributed by atoms with Gasteiger partial charge < -0.3 is 5.32 Å². The molecule has 0 bridgehead atoms. The molecule has 1 aromatic rings. The van der Waals surface area contributed by atoms with E-state index in [1.165, 1.54) is 24.0 Å². The molecule has 1 heterocycles. The third-order valence-electron chi connectivity index (χ3n) is 4.13. The molecule has 1 saturated heterocycles. The number of carbonyl (C=O) groups excluding carboxylic acids is 1. The number of hydrogen-bond donors (Lipinski definition) is 1. The summed E-state index contributed by atoms with van der Waals surface area (Å²) in [5, 5.41) is 3.12. The van der Waals surface area contributed by atoms with E-state index >= 15 is 0 Å². The van der Waals surface area contributed by atoms with Crippen molar-refractivity contribution in [2.45, 2.75) is 46.1 Å². The van der Waals surface area contributed by atoms with Crippen molar-refractivity contribution in [3.05, 3.63) is 35.4 Å². The number of likely N-dealkylation sites (tertiary alicyclic amines) is 1. The predicted octanol–water partition coefficient (Wildman–Crippen LogP) is 3.29. The lowest BCUT2D eigenvalue weighted by molar-refractivity contribution is -0.122. The zero-order valence-electron chi connectivity index (χ0n) is 13.6. The minimum absolute atomic E-state index is 0.168. The quantitative estimate of drug-likeness (QED) is 0.871. The third kappa shape index (κ3) is 4.85. The van der Waals surface area contributed by atoms with Gasteiger partial charge in [-0.2, -0.15) is 0 Å². The van der Waals surface area contributed by atoms with Crippen LogP contribution in [0, 0.1) is 12.8 Å². The first kappa shape index (κ1) is 16.0. The van der Waals surface area contributed by atoms with Crippen molar-refractivity contribution < 1.29 is 4.79 Å². The van der Waals surface area contributed by atoms with Gasteiger partial charge in [0, 0.05) is 13.0 Å². The molecule has 1 aliphatic rings. The Kier molecular flexibility index (Phi) is 5.80. The predicted molar refractivity (Wildman–Crippen MR) is 87.2 cm³/mol. The minimum atomic E-state index is 0.168. The zero-order chi connectivity index (χ0) is 15.2. The molecule has 3 heteroatoms. The average molecular weight is 288 g/mol. The second-order valence-corrected chi connectivity index (χ2v) is 6.57. The van der Waals surface area contributed by atoms with Gasteiger partial charge in [0.2, 0.25) is 5.91 Å². The standard InChI is InChI=1S/C18H28N2O/c1-14(2)12-18(21)19-13-17(20-10-4-5-11-20)16-8-6-15(3)7-9-16/h6-9,14,17H,4-5,10-13H2,1-3H3,(H,19,21). The number of benzene rings is 1. The molecule has 1 aromatic carbocycles. The summed E-state index contributed by atoms with van der Waals surface area (Å²) in [6, 6.07) is 9.03. The lowest BCUT2D eigenvalue weighted by atomic mass is 10.0. The van der Waals surface area contributed by atoms with Crippen LogP contribution in [0.1, 0.15) is 50.3 Å². The lowest BCUT2D eigenvalue weighted by Gasteiger charge is -2.28. The van der Waals surface area contributed by atoms with E-state index in [1.807, 2.05) is 0 Å². The van der Waals surface area contributed by atoms with Gasteiger partial charge in [0.15, 0.2) is 0 Å². The van der Waals surface area contributed by atoms with Gasteiger partial charge in [0.25, 0.3) is 0 Å². The zero-order valence-corrected chi connectivity index (χ0v) is 13.6. The molecule has 0 aromatic heterocycles. The van der Waals surface area contributed by atoms with Crippen LogP contribution in [0.2, 0.25) is 0 Å². The van der Waals surface area contributed by atoms with E-state index in [0.717, 1.165) is 13.1 Å². The Labute approximate surface area is 128 Å². The van der Waals surface area contributed by atoms with Crippen LogP contribution in [-0.2, 0) is 4.79 Å². The average Bonchev–Trinajstić information content (AvgIpc) is 2.94. The van der Waals surface area contributed by atoms with Crippen molar-refractivity contribution >= 4 is 5.91 Å². The summed E-state index contributed by atoms with van der Waals surface area (Å²) in [4.78, 5) is 14.4. The molecule has 0 aliphatic carbocycles. The highest BCUT2D eigenvalue weighted by Gasteiger charge is 2.23. The molecule has 1 unspecified atom stereocenters. The first-order chi connectivity index (χ1) is 10.1. The Morgan fingerprint density at radius 2 is 1.81 bits per heavy atom. The van der Waals surface area contributed by atoms with Gasteiger partial charge in [-0.25, -0.2) is 0 Å². The van der Waals surface area contributed by atoms with E-state index in [-0.39, 0.29) is 5.91 Å². The highest BCUT2D eigenvalue weighted by Crippen LogP contribution is 2.25. The molecule has 116 valence electrons. The lowest BCUT2D eigenvalue weighted by Crippen LogP contribution is -2.37. The van der Waals surface area contributed by atoms with E-state index in [1.54, 1.807) is 0 Å². The Hall–Kier alpha value is -1.35. The van der Waals surface area contributed by atoms with Crippen molar-refractivity contribution in [1.29, 1.82) is 0 Å². The first-order valence-electron chi connectivity index (χ1n) is 8.13. The van der Waals surface area contributed by atoms with Gasteiger partial charge in [0.05, 0.1) is 6.04 Å². The maximum absolute atomic E-state index is 11.9. The molecular weight excluding hydrogens is 260 g/mol. The van der Waals surface area contributed by atoms with Crippen LogP contribution in [0.15, 0.2) is 24.3 Å². The Bertz CT molecular complexity index is 447. The second-order valence-electron chi connectivity index (χ2n) is 6.57. The minimum Gasteiger partial charge on any atom is -0.354 e. The van der Waals surface area contributed by atoms with E-state index in [0.29, 0.717) is 24.9 Å². The van der Waals surface area contributed by atoms with Gasteiger partial charge in [-0.1, -0.05) is 43.7 Å². The van der Waals surface area contributed by atoms with Crippen LogP contribution in [0.3, 0.4) is 0 Å². The molecular formula is C18H28N2O. The number of hydrogen-bond acceptors (Lipinski definition) is 2. The van der Waals surface area contributed by atoms with E-state index in [2.05, 4.69) is 55.3 Å². The highest BCUT2D eigenvalue weighted by atomic mass is 16.1. The fourth-order valence-electron chi connectivity index (χ4n) is 2.95. The Balaban J connectivity index is 2.02. The third-order valence-corrected chi connectivity index (χ3v) is 4.13. The summed E-state index contributed by atoms with van der Waals surface area (Å²) in [7, 11) is 0. The maximum atomic E-state index is 11.9. The van der Waals surface area contributed by atoms with Gasteiger partial charge in [-0.05, 0) is 44.3 Å². The van der Waals surface area contributed by atoms with Gasteiger partial charge in [0.1, 0.15) is 0 Å². The summed E-state index contributed by atoms with van der Waals surface area (Å²) < 4.78 is 0. The number of rotatable bonds is 6. The summed E-state index contributed by atoms with van der Waals surface area (Å²) in [6.07, 6.45) is 3.14. The van der Waals surface area contributed by atoms with E-state index in [4.69, 9.17) is 0 Å². The van der Waals surface area contributed by atoms with Crippen molar-refractivity contribution in [2.75, 3.05) is 19.6 Å². The normalized spacial score (nSPS) is 17.1. The van der Waals surface area contributed by atoms with Crippen molar-refractivity contribution in [1.82, 2.24) is 10.2 Å². The maximum Gasteiger partial charge on any atom is 0.220 e. The van der Waals surface area contributed by atoms with Gasteiger partial charge >= 0.3 is 0 Å². The molecule has 1 atom stereocenters. The molecule has 1 aliphatic heterocycles. The summed E-state index contributed by atoms with van der Waals surface area (Å²) in [5.74, 6) is 0.580. The van der Waals surface area contributed by atoms with Crippen LogP contribution < -0.4 is 5.32 Å². The second kappa shape index (κ2) is 7.60. The fourth-order valence-corrected chi connectivity index (χ4v) is 2.95. The largest absolute Gasteiger partial charge is 0.354 e. The molecule has 0 radical (unpaired) electrons. The Morgan fingerprint density at radius 1 is 1.19 bits per heavy atom. The van der Waals surface area contributed by atoms with Crippen LogP contribution >= 0.6 is 0 Å². The van der Waals surface area contributed by atoms with Crippen LogP contribution in [0.4, 0.5) is 0 Å². The summed E-state index contributed by atoms with van der Waals surface area (Å²) in [6.45, 7) is 9.26. The number of nitrogens with zero attached hydrogens (tertiary/aromatic N) is 1. The van der Waals surface area contributed by atoms with Crippen LogP contribution in [0.5, 0.6) is 0 Å². The topological polar surface area (TPSA) is 32.3 Å². The summed E-state index contributed by atoms with van der Waals surface area (Å²) in [5.41, 5.74) is 2.59. The molecule has 3 nitrogen and oxygen atoms in total. The molecule has 21 heavy (non-hydrogen) atoms. The summed E-state index contributed by atoms with van der Waals surface area (Å²) >= 11 is 0. The molecule has 1 amide bonds. The van der Waals surface area contributed by atoms with Crippen LogP contribution in [-0.4, -0.2) is 30.4 Å².